The molecule has 0 fully saturated rings. The molecule has 0 amide bonds. The molecule has 214 valence electrons. The lowest BCUT2D eigenvalue weighted by Gasteiger charge is -2.13. The molecule has 16 heteroatoms. The topological polar surface area (TPSA) is 169 Å². The van der Waals surface area contributed by atoms with E-state index < -0.39 is 16.0 Å². The van der Waals surface area contributed by atoms with Crippen LogP contribution in [0.15, 0.2) is 59.5 Å². The van der Waals surface area contributed by atoms with E-state index >= 15 is 0 Å². The van der Waals surface area contributed by atoms with Crippen LogP contribution in [0.25, 0.3) is 11.3 Å². The van der Waals surface area contributed by atoms with Crippen molar-refractivity contribution in [2.45, 2.75) is 11.8 Å². The number of nitrogens with one attached hydrogen (secondary N) is 4. The second kappa shape index (κ2) is 12.8. The number of anilines is 3. The number of hydrogen-bond donors (Lipinski definition) is 4. The number of aromatic amines is 1. The van der Waals surface area contributed by atoms with Gasteiger partial charge >= 0.3 is 12.0 Å². The number of rotatable bonds is 10. The number of aromatic nitrogens is 4. The van der Waals surface area contributed by atoms with Gasteiger partial charge in [-0.1, -0.05) is 23.7 Å². The molecule has 2 aromatic carbocycles. The summed E-state index contributed by atoms with van der Waals surface area (Å²) in [5, 5.41) is 13.5. The third-order valence-corrected chi connectivity index (χ3v) is 7.16. The minimum atomic E-state index is -4.01. The van der Waals surface area contributed by atoms with Crippen molar-refractivity contribution in [3.63, 3.8) is 0 Å². The standard InChI is InChI=1S/C25H24ClN7O6S2/c1-4-39-23(34)22-21(20(31-32-22)14-5-7-15(26)8-6-14)30-25(40)27-16-9-11-17(12-10-16)41(35,36)33-18-13-19(37-2)29-24(28-18)38-3/h5-13H,4H2,1-3H3,(H,31,32)(H2,27,30,40)(H,28,29,33). The summed E-state index contributed by atoms with van der Waals surface area (Å²) in [6.45, 7) is 1.85. The largest absolute Gasteiger partial charge is 0.481 e. The number of ether oxygens (including phenoxy) is 3. The van der Waals surface area contributed by atoms with E-state index in [1.807, 2.05) is 0 Å². The number of thiocarbonyl (C=S) groups is 1. The lowest BCUT2D eigenvalue weighted by atomic mass is 10.1. The Kier molecular flexibility index (Phi) is 9.21. The highest BCUT2D eigenvalue weighted by Crippen LogP contribution is 2.30. The number of sulfonamides is 1. The van der Waals surface area contributed by atoms with Gasteiger partial charge < -0.3 is 24.8 Å². The smallest absolute Gasteiger partial charge is 0.358 e. The number of esters is 1. The molecule has 0 saturated carbocycles. The van der Waals surface area contributed by atoms with Crippen LogP contribution in [0, 0.1) is 0 Å². The van der Waals surface area contributed by atoms with Crippen molar-refractivity contribution in [3.8, 4) is 23.1 Å². The van der Waals surface area contributed by atoms with Gasteiger partial charge in [0.25, 0.3) is 10.0 Å². The monoisotopic (exact) mass is 617 g/mol. The number of hydrogen-bond acceptors (Lipinski definition) is 10. The maximum Gasteiger partial charge on any atom is 0.358 e. The Labute approximate surface area is 245 Å². The first-order valence-electron chi connectivity index (χ1n) is 11.8. The van der Waals surface area contributed by atoms with Crippen LogP contribution in [0.4, 0.5) is 17.2 Å². The summed E-state index contributed by atoms with van der Waals surface area (Å²) in [5.74, 6) is -0.528. The molecule has 2 heterocycles. The molecule has 0 aliphatic heterocycles. The van der Waals surface area contributed by atoms with Crippen LogP contribution in [-0.2, 0) is 14.8 Å². The molecule has 0 bridgehead atoms. The number of carbonyl (C=O) groups excluding carboxylic acids is 1. The number of halogens is 1. The fraction of sp³-hybridized carbons (Fsp3) is 0.160. The highest BCUT2D eigenvalue weighted by atomic mass is 35.5. The molecule has 0 aliphatic rings. The van der Waals surface area contributed by atoms with Crippen LogP contribution >= 0.6 is 23.8 Å². The molecule has 0 spiro atoms. The van der Waals surface area contributed by atoms with Crippen molar-refractivity contribution >= 4 is 62.1 Å². The molecule has 4 rings (SSSR count). The summed E-state index contributed by atoms with van der Waals surface area (Å²) in [6.07, 6.45) is 0. The van der Waals surface area contributed by atoms with E-state index in [2.05, 4.69) is 35.5 Å². The van der Waals surface area contributed by atoms with Gasteiger partial charge in [-0.15, -0.1) is 0 Å². The van der Waals surface area contributed by atoms with Crippen molar-refractivity contribution in [1.82, 2.24) is 20.2 Å². The molecule has 4 N–H and O–H groups in total. The normalized spacial score (nSPS) is 10.9. The zero-order chi connectivity index (χ0) is 29.6. The van der Waals surface area contributed by atoms with Crippen LogP contribution in [0.1, 0.15) is 17.4 Å². The summed E-state index contributed by atoms with van der Waals surface area (Å²) in [5.41, 5.74) is 1.93. The average Bonchev–Trinajstić information content (AvgIpc) is 3.36. The summed E-state index contributed by atoms with van der Waals surface area (Å²) >= 11 is 11.5. The Hall–Kier alpha value is -4.47. The molecule has 0 radical (unpaired) electrons. The third-order valence-electron chi connectivity index (χ3n) is 5.34. The Morgan fingerprint density at radius 2 is 1.73 bits per heavy atom. The Morgan fingerprint density at radius 3 is 2.37 bits per heavy atom. The van der Waals surface area contributed by atoms with Gasteiger partial charge in [0.15, 0.2) is 16.6 Å². The minimum absolute atomic E-state index is 0.0321. The first-order chi connectivity index (χ1) is 19.6. The summed E-state index contributed by atoms with van der Waals surface area (Å²) in [7, 11) is -1.28. The molecular weight excluding hydrogens is 594 g/mol. The van der Waals surface area contributed by atoms with Crippen LogP contribution in [0.3, 0.4) is 0 Å². The molecular formula is C25H24ClN7O6S2. The predicted octanol–water partition coefficient (Wildman–Crippen LogP) is 4.32. The van der Waals surface area contributed by atoms with Gasteiger partial charge in [-0.25, -0.2) is 13.2 Å². The van der Waals surface area contributed by atoms with Crippen molar-refractivity contribution < 1.29 is 27.4 Å². The molecule has 41 heavy (non-hydrogen) atoms. The maximum atomic E-state index is 12.9. The van der Waals surface area contributed by atoms with Crippen LogP contribution < -0.4 is 24.8 Å². The summed E-state index contributed by atoms with van der Waals surface area (Å²) in [6, 6.07) is 13.9. The fourth-order valence-electron chi connectivity index (χ4n) is 3.47. The zero-order valence-electron chi connectivity index (χ0n) is 21.9. The molecule has 2 aromatic heterocycles. The molecule has 0 saturated heterocycles. The lowest BCUT2D eigenvalue weighted by Crippen LogP contribution is -2.21. The van der Waals surface area contributed by atoms with E-state index in [1.165, 1.54) is 44.6 Å². The second-order valence-electron chi connectivity index (χ2n) is 8.04. The first kappa shape index (κ1) is 29.5. The minimum Gasteiger partial charge on any atom is -0.481 e. The van der Waals surface area contributed by atoms with E-state index in [1.54, 1.807) is 31.2 Å². The number of methoxy groups -OCH3 is 2. The van der Waals surface area contributed by atoms with Gasteiger partial charge in [0.1, 0.15) is 11.4 Å². The SMILES string of the molecule is CCOC(=O)c1[nH]nc(-c2ccc(Cl)cc2)c1NC(=S)Nc1ccc(S(=O)(=O)Nc2cc(OC)nc(OC)n2)cc1. The summed E-state index contributed by atoms with van der Waals surface area (Å²) in [4.78, 5) is 20.4. The van der Waals surface area contributed by atoms with Crippen LogP contribution in [0.2, 0.25) is 5.02 Å². The maximum absolute atomic E-state index is 12.9. The van der Waals surface area contributed by atoms with Gasteiger partial charge in [0, 0.05) is 22.3 Å². The number of H-pyrrole nitrogens is 1. The van der Waals surface area contributed by atoms with Crippen LogP contribution in [-0.4, -0.2) is 60.5 Å². The van der Waals surface area contributed by atoms with E-state index in [-0.39, 0.29) is 40.0 Å². The van der Waals surface area contributed by atoms with E-state index in [9.17, 15) is 13.2 Å². The Balaban J connectivity index is 1.51. The van der Waals surface area contributed by atoms with Crippen molar-refractivity contribution in [2.75, 3.05) is 36.2 Å². The quantitative estimate of drug-likeness (QED) is 0.147. The van der Waals surface area contributed by atoms with E-state index in [4.69, 9.17) is 38.0 Å². The molecule has 0 unspecified atom stereocenters. The van der Waals surface area contributed by atoms with Gasteiger partial charge in [-0.3, -0.25) is 9.82 Å². The molecule has 0 aliphatic carbocycles. The van der Waals surface area contributed by atoms with Crippen molar-refractivity contribution in [3.05, 3.63) is 65.3 Å². The number of nitrogens with zero attached hydrogens (tertiary/aromatic N) is 3. The van der Waals surface area contributed by atoms with Gasteiger partial charge in [-0.2, -0.15) is 15.1 Å². The second-order valence-corrected chi connectivity index (χ2v) is 10.6. The average molecular weight is 618 g/mol. The van der Waals surface area contributed by atoms with E-state index in [0.29, 0.717) is 27.7 Å². The predicted molar refractivity (Wildman–Crippen MR) is 157 cm³/mol. The van der Waals surface area contributed by atoms with Gasteiger partial charge in [0.2, 0.25) is 5.88 Å². The van der Waals surface area contributed by atoms with Crippen molar-refractivity contribution in [1.29, 1.82) is 0 Å². The molecule has 4 aromatic rings. The molecule has 13 nitrogen and oxygen atoms in total. The number of carbonyl (C=O) groups is 1. The van der Waals surface area contributed by atoms with Crippen molar-refractivity contribution in [2.24, 2.45) is 0 Å². The van der Waals surface area contributed by atoms with Gasteiger partial charge in [0.05, 0.1) is 25.7 Å². The Bertz CT molecular complexity index is 1640. The molecule has 0 atom stereocenters. The van der Waals surface area contributed by atoms with E-state index in [0.717, 1.165) is 0 Å². The summed E-state index contributed by atoms with van der Waals surface area (Å²) < 4.78 is 43.4. The Morgan fingerprint density at radius 1 is 1.02 bits per heavy atom. The number of benzene rings is 2. The van der Waals surface area contributed by atoms with Crippen LogP contribution in [0.5, 0.6) is 11.9 Å². The first-order valence-corrected chi connectivity index (χ1v) is 14.1. The fourth-order valence-corrected chi connectivity index (χ4v) is 4.81. The highest BCUT2D eigenvalue weighted by molar-refractivity contribution is 7.92. The zero-order valence-corrected chi connectivity index (χ0v) is 24.3. The lowest BCUT2D eigenvalue weighted by molar-refractivity contribution is 0.0520. The highest BCUT2D eigenvalue weighted by Gasteiger charge is 2.23. The van der Waals surface area contributed by atoms with Gasteiger partial charge in [-0.05, 0) is 55.5 Å². The third kappa shape index (κ3) is 7.19.